The van der Waals surface area contributed by atoms with Crippen LogP contribution in [0.2, 0.25) is 0 Å². The van der Waals surface area contributed by atoms with Crippen molar-refractivity contribution in [1.82, 2.24) is 0 Å². The molecule has 88 valence electrons. The Kier molecular flexibility index (Phi) is 3.49. The molecular weight excluding hydrogens is 238 g/mol. The van der Waals surface area contributed by atoms with Gasteiger partial charge in [0.1, 0.15) is 5.70 Å². The first-order valence-electron chi connectivity index (χ1n) is 5.17. The largest absolute Gasteiger partial charge is 0.463 e. The Bertz CT molecular complexity index is 496. The summed E-state index contributed by atoms with van der Waals surface area (Å²) in [4.78, 5) is 23.8. The molecule has 0 amide bonds. The van der Waals surface area contributed by atoms with Crippen LogP contribution in [0.5, 0.6) is 0 Å². The highest BCUT2D eigenvalue weighted by Gasteiger charge is 2.21. The topological polar surface area (TPSA) is 55.4 Å². The molecule has 5 heteroatoms. The fourth-order valence-electron chi connectivity index (χ4n) is 1.41. The maximum Gasteiger partial charge on any atom is 0.333 e. The molecule has 0 unspecified atom stereocenters. The minimum atomic E-state index is -0.511. The average Bonchev–Trinajstić information content (AvgIpc) is 2.30. The van der Waals surface area contributed by atoms with Crippen LogP contribution in [0.1, 0.15) is 6.92 Å². The van der Waals surface area contributed by atoms with Gasteiger partial charge in [-0.25, -0.2) is 4.79 Å². The number of nitrogens with one attached hydrogen (secondary N) is 1. The number of esters is 1. The Balaban J connectivity index is 2.23. The van der Waals surface area contributed by atoms with E-state index in [-0.39, 0.29) is 10.8 Å². The van der Waals surface area contributed by atoms with E-state index in [1.807, 2.05) is 24.3 Å². The summed E-state index contributed by atoms with van der Waals surface area (Å²) in [6, 6.07) is 7.44. The first kappa shape index (κ1) is 11.7. The Hall–Kier alpha value is -1.75. The minimum Gasteiger partial charge on any atom is -0.463 e. The van der Waals surface area contributed by atoms with Crippen LogP contribution in [-0.2, 0) is 14.3 Å². The number of para-hydroxylation sites is 1. The van der Waals surface area contributed by atoms with Gasteiger partial charge in [0.15, 0.2) is 0 Å². The normalized spacial score (nSPS) is 16.3. The third kappa shape index (κ3) is 2.68. The summed E-state index contributed by atoms with van der Waals surface area (Å²) < 4.78 is 4.76. The number of ether oxygens (including phenoxy) is 1. The van der Waals surface area contributed by atoms with Crippen molar-refractivity contribution in [3.63, 3.8) is 0 Å². The molecule has 0 spiro atoms. The second-order valence-corrected chi connectivity index (χ2v) is 4.34. The lowest BCUT2D eigenvalue weighted by Gasteiger charge is -2.18. The average molecular weight is 249 g/mol. The molecule has 0 aromatic heterocycles. The molecule has 0 saturated heterocycles. The van der Waals surface area contributed by atoms with Crippen molar-refractivity contribution in [3.8, 4) is 0 Å². The third-order valence-corrected chi connectivity index (χ3v) is 3.11. The fourth-order valence-corrected chi connectivity index (χ4v) is 2.20. The van der Waals surface area contributed by atoms with Crippen LogP contribution >= 0.6 is 11.8 Å². The molecule has 0 aliphatic carbocycles. The molecule has 2 rings (SSSR count). The summed E-state index contributed by atoms with van der Waals surface area (Å²) in [5, 5.41) is 2.74. The number of carbonyl (C=O) groups excluding carboxylic acids is 2. The third-order valence-electron chi connectivity index (χ3n) is 2.13. The number of carbonyl (C=O) groups is 2. The van der Waals surface area contributed by atoms with Gasteiger partial charge < -0.3 is 10.1 Å². The van der Waals surface area contributed by atoms with E-state index < -0.39 is 5.97 Å². The van der Waals surface area contributed by atoms with Gasteiger partial charge in [0.2, 0.25) is 5.12 Å². The number of rotatable bonds is 2. The van der Waals surface area contributed by atoms with Gasteiger partial charge in [0.05, 0.1) is 18.4 Å². The molecule has 0 bridgehead atoms. The van der Waals surface area contributed by atoms with Gasteiger partial charge in [-0.15, -0.1) is 0 Å². The number of anilines is 1. The zero-order valence-corrected chi connectivity index (χ0v) is 10.0. The van der Waals surface area contributed by atoms with E-state index in [2.05, 4.69) is 5.32 Å². The van der Waals surface area contributed by atoms with Crippen LogP contribution in [0.25, 0.3) is 0 Å². The number of thioether (sulfide) groups is 1. The predicted octanol–water partition coefficient (Wildman–Crippen LogP) is 2.18. The Morgan fingerprint density at radius 3 is 3.00 bits per heavy atom. The van der Waals surface area contributed by atoms with Crippen molar-refractivity contribution in [3.05, 3.63) is 36.0 Å². The second-order valence-electron chi connectivity index (χ2n) is 3.32. The second kappa shape index (κ2) is 5.05. The molecule has 0 radical (unpaired) electrons. The van der Waals surface area contributed by atoms with Gasteiger partial charge in [-0.2, -0.15) is 0 Å². The summed E-state index contributed by atoms with van der Waals surface area (Å²) in [5.41, 5.74) is 1.08. The van der Waals surface area contributed by atoms with E-state index in [1.165, 1.54) is 6.08 Å². The quantitative estimate of drug-likeness (QED) is 0.643. The lowest BCUT2D eigenvalue weighted by Crippen LogP contribution is -2.16. The number of hydrogen-bond acceptors (Lipinski definition) is 5. The van der Waals surface area contributed by atoms with Gasteiger partial charge in [-0.3, -0.25) is 4.79 Å². The Morgan fingerprint density at radius 2 is 2.24 bits per heavy atom. The number of benzene rings is 1. The van der Waals surface area contributed by atoms with Crippen molar-refractivity contribution in [2.24, 2.45) is 0 Å². The zero-order chi connectivity index (χ0) is 12.3. The van der Waals surface area contributed by atoms with E-state index in [0.717, 1.165) is 22.3 Å². The molecule has 1 N–H and O–H groups in total. The van der Waals surface area contributed by atoms with E-state index in [0.29, 0.717) is 6.61 Å². The minimum absolute atomic E-state index is 0.184. The van der Waals surface area contributed by atoms with E-state index >= 15 is 0 Å². The van der Waals surface area contributed by atoms with E-state index in [9.17, 15) is 9.59 Å². The fraction of sp³-hybridized carbons (Fsp3) is 0.167. The molecule has 1 aromatic rings. The summed E-state index contributed by atoms with van der Waals surface area (Å²) >= 11 is 1.10. The van der Waals surface area contributed by atoms with Crippen LogP contribution in [-0.4, -0.2) is 17.7 Å². The monoisotopic (exact) mass is 249 g/mol. The van der Waals surface area contributed by atoms with Crippen molar-refractivity contribution < 1.29 is 14.3 Å². The lowest BCUT2D eigenvalue weighted by atomic mass is 10.3. The standard InChI is InChI=1S/C12H11NO3S/c1-2-16-11(14)7-9-12(15)17-10-6-4-3-5-8(10)13-9/h3-7,13H,2H2,1H3. The lowest BCUT2D eigenvalue weighted by molar-refractivity contribution is -0.137. The molecule has 0 fully saturated rings. The molecular formula is C12H11NO3S. The summed E-state index contributed by atoms with van der Waals surface area (Å²) in [5.74, 6) is -0.511. The molecule has 17 heavy (non-hydrogen) atoms. The Morgan fingerprint density at radius 1 is 1.47 bits per heavy atom. The van der Waals surface area contributed by atoms with Crippen LogP contribution in [0, 0.1) is 0 Å². The highest BCUT2D eigenvalue weighted by atomic mass is 32.2. The molecule has 1 aromatic carbocycles. The molecule has 4 nitrogen and oxygen atoms in total. The summed E-state index contributed by atoms with van der Waals surface area (Å²) in [6.45, 7) is 2.01. The Labute approximate surface area is 103 Å². The summed E-state index contributed by atoms with van der Waals surface area (Å²) in [6.07, 6.45) is 1.19. The molecule has 1 heterocycles. The predicted molar refractivity (Wildman–Crippen MR) is 65.6 cm³/mol. The van der Waals surface area contributed by atoms with Crippen LogP contribution in [0.4, 0.5) is 5.69 Å². The van der Waals surface area contributed by atoms with Crippen molar-refractivity contribution in [1.29, 1.82) is 0 Å². The first-order valence-corrected chi connectivity index (χ1v) is 5.99. The first-order chi connectivity index (χ1) is 8.20. The number of hydrogen-bond donors (Lipinski definition) is 1. The SMILES string of the molecule is CCOC(=O)C=C1Nc2ccccc2SC1=O. The van der Waals surface area contributed by atoms with Gasteiger partial charge >= 0.3 is 5.97 Å². The van der Waals surface area contributed by atoms with Crippen LogP contribution in [0.3, 0.4) is 0 Å². The van der Waals surface area contributed by atoms with Gasteiger partial charge in [0, 0.05) is 4.90 Å². The molecule has 1 aliphatic rings. The smallest absolute Gasteiger partial charge is 0.333 e. The van der Waals surface area contributed by atoms with Crippen LogP contribution < -0.4 is 5.32 Å². The summed E-state index contributed by atoms with van der Waals surface area (Å²) in [7, 11) is 0. The van der Waals surface area contributed by atoms with E-state index in [4.69, 9.17) is 4.74 Å². The maximum absolute atomic E-state index is 11.7. The van der Waals surface area contributed by atoms with Gasteiger partial charge in [-0.05, 0) is 30.8 Å². The van der Waals surface area contributed by atoms with Crippen molar-refractivity contribution in [2.75, 3.05) is 11.9 Å². The van der Waals surface area contributed by atoms with Gasteiger partial charge in [-0.1, -0.05) is 12.1 Å². The van der Waals surface area contributed by atoms with Crippen LogP contribution in [0.15, 0.2) is 40.9 Å². The molecule has 1 aliphatic heterocycles. The van der Waals surface area contributed by atoms with Crippen molar-refractivity contribution >= 4 is 28.5 Å². The van der Waals surface area contributed by atoms with Crippen molar-refractivity contribution in [2.45, 2.75) is 11.8 Å². The zero-order valence-electron chi connectivity index (χ0n) is 9.23. The molecule has 0 atom stereocenters. The van der Waals surface area contributed by atoms with Gasteiger partial charge in [0.25, 0.3) is 0 Å². The number of fused-ring (bicyclic) bond motifs is 1. The van der Waals surface area contributed by atoms with E-state index in [1.54, 1.807) is 6.92 Å². The highest BCUT2D eigenvalue weighted by molar-refractivity contribution is 8.14. The molecule has 0 saturated carbocycles. The highest BCUT2D eigenvalue weighted by Crippen LogP contribution is 2.35. The maximum atomic E-state index is 11.7.